The largest absolute Gasteiger partial charge is 0.369 e. The molecule has 4 heteroatoms. The van der Waals surface area contributed by atoms with Crippen LogP contribution >= 0.6 is 0 Å². The van der Waals surface area contributed by atoms with Crippen molar-refractivity contribution < 1.29 is 0 Å². The summed E-state index contributed by atoms with van der Waals surface area (Å²) in [6.45, 7) is 1.99. The summed E-state index contributed by atoms with van der Waals surface area (Å²) in [5.41, 5.74) is 10.3. The molecule has 0 spiro atoms. The van der Waals surface area contributed by atoms with Crippen molar-refractivity contribution in [2.24, 2.45) is 10.7 Å². The first kappa shape index (κ1) is 14.8. The van der Waals surface area contributed by atoms with Gasteiger partial charge >= 0.3 is 0 Å². The van der Waals surface area contributed by atoms with Gasteiger partial charge in [-0.3, -0.25) is 0 Å². The van der Waals surface area contributed by atoms with E-state index in [9.17, 15) is 0 Å². The molecule has 0 fully saturated rings. The minimum Gasteiger partial charge on any atom is -0.369 e. The van der Waals surface area contributed by atoms with Crippen molar-refractivity contribution in [3.8, 4) is 11.1 Å². The van der Waals surface area contributed by atoms with Gasteiger partial charge in [-0.05, 0) is 47.9 Å². The third-order valence-electron chi connectivity index (χ3n) is 3.40. The number of hydrogen-bond donors (Lipinski definition) is 2. The topological polar surface area (TPSA) is 63.3 Å². The normalized spacial score (nSPS) is 11.3. The molecule has 2 aromatic carbocycles. The number of aryl methyl sites for hydroxylation is 1. The van der Waals surface area contributed by atoms with Crippen LogP contribution in [0, 0.1) is 6.92 Å². The molecule has 1 heterocycles. The Bertz CT molecular complexity index is 808. The minimum absolute atomic E-state index is 0.315. The van der Waals surface area contributed by atoms with E-state index < -0.39 is 0 Å². The van der Waals surface area contributed by atoms with E-state index >= 15 is 0 Å². The molecule has 0 aliphatic carbocycles. The molecule has 0 amide bonds. The number of anilines is 1. The predicted octanol–water partition coefficient (Wildman–Crippen LogP) is 4.12. The summed E-state index contributed by atoms with van der Waals surface area (Å²) in [7, 11) is 0. The number of nitrogens with zero attached hydrogens (tertiary/aromatic N) is 2. The first-order valence-electron chi connectivity index (χ1n) is 7.40. The fraction of sp³-hybridized carbons (Fsp3) is 0.0526. The van der Waals surface area contributed by atoms with Gasteiger partial charge in [-0.2, -0.15) is 4.99 Å². The van der Waals surface area contributed by atoms with E-state index in [-0.39, 0.29) is 0 Å². The van der Waals surface area contributed by atoms with Gasteiger partial charge in [-0.15, -0.1) is 0 Å². The molecule has 114 valence electrons. The fourth-order valence-corrected chi connectivity index (χ4v) is 2.26. The van der Waals surface area contributed by atoms with Crippen molar-refractivity contribution in [3.05, 3.63) is 78.5 Å². The lowest BCUT2D eigenvalue weighted by Gasteiger charge is -2.07. The van der Waals surface area contributed by atoms with Crippen LogP contribution in [0.1, 0.15) is 5.56 Å². The maximum absolute atomic E-state index is 5.94. The number of pyridine rings is 1. The van der Waals surface area contributed by atoms with Crippen LogP contribution in [0.4, 0.5) is 11.5 Å². The van der Waals surface area contributed by atoms with Gasteiger partial charge in [0.1, 0.15) is 0 Å². The van der Waals surface area contributed by atoms with E-state index in [1.54, 1.807) is 6.20 Å². The summed E-state index contributed by atoms with van der Waals surface area (Å²) in [5.74, 6) is 0.909. The lowest BCUT2D eigenvalue weighted by molar-refractivity contribution is 1.23. The highest BCUT2D eigenvalue weighted by Gasteiger charge is 1.99. The Morgan fingerprint density at radius 2 is 1.65 bits per heavy atom. The Morgan fingerprint density at radius 1 is 0.957 bits per heavy atom. The van der Waals surface area contributed by atoms with Gasteiger partial charge in [-0.1, -0.05) is 42.5 Å². The van der Waals surface area contributed by atoms with Gasteiger partial charge < -0.3 is 11.1 Å². The predicted molar refractivity (Wildman–Crippen MR) is 95.8 cm³/mol. The van der Waals surface area contributed by atoms with Crippen LogP contribution in [0.2, 0.25) is 0 Å². The number of aromatic nitrogens is 1. The zero-order valence-electron chi connectivity index (χ0n) is 12.9. The molecule has 0 unspecified atom stereocenters. The van der Waals surface area contributed by atoms with E-state index in [0.29, 0.717) is 11.8 Å². The van der Waals surface area contributed by atoms with Crippen LogP contribution < -0.4 is 11.1 Å². The summed E-state index contributed by atoms with van der Waals surface area (Å²) >= 11 is 0. The average molecular weight is 302 g/mol. The zero-order valence-corrected chi connectivity index (χ0v) is 12.9. The fourth-order valence-electron chi connectivity index (χ4n) is 2.26. The molecule has 0 bridgehead atoms. The molecule has 0 radical (unpaired) electrons. The standard InChI is InChI=1S/C19H18N4/c1-14-11-12-21-18(13-14)23-19(20)22-17-9-7-16(8-10-17)15-5-3-2-4-6-15/h2-13H,1H3,(H3,20,21,22,23). The van der Waals surface area contributed by atoms with E-state index in [4.69, 9.17) is 5.73 Å². The second-order valence-corrected chi connectivity index (χ2v) is 5.26. The van der Waals surface area contributed by atoms with E-state index in [0.717, 1.165) is 16.8 Å². The summed E-state index contributed by atoms with van der Waals surface area (Å²) < 4.78 is 0. The first-order chi connectivity index (χ1) is 11.2. The Hall–Kier alpha value is -3.14. The smallest absolute Gasteiger partial charge is 0.199 e. The van der Waals surface area contributed by atoms with Crippen LogP contribution in [0.3, 0.4) is 0 Å². The summed E-state index contributed by atoms with van der Waals surface area (Å²) in [5, 5.41) is 3.08. The number of hydrogen-bond acceptors (Lipinski definition) is 2. The van der Waals surface area contributed by atoms with E-state index in [2.05, 4.69) is 39.6 Å². The Morgan fingerprint density at radius 3 is 2.35 bits per heavy atom. The van der Waals surface area contributed by atoms with Gasteiger partial charge in [0.25, 0.3) is 0 Å². The Balaban J connectivity index is 1.73. The number of rotatable bonds is 3. The third-order valence-corrected chi connectivity index (χ3v) is 3.40. The molecule has 0 aliphatic heterocycles. The van der Waals surface area contributed by atoms with Gasteiger partial charge in [0.05, 0.1) is 0 Å². The van der Waals surface area contributed by atoms with Gasteiger partial charge in [0, 0.05) is 11.9 Å². The van der Waals surface area contributed by atoms with Crippen LogP contribution in [-0.4, -0.2) is 10.9 Å². The maximum atomic E-state index is 5.94. The molecule has 0 atom stereocenters. The highest BCUT2D eigenvalue weighted by molar-refractivity contribution is 5.94. The lowest BCUT2D eigenvalue weighted by atomic mass is 10.1. The van der Waals surface area contributed by atoms with Crippen molar-refractivity contribution in [1.29, 1.82) is 0 Å². The molecule has 0 saturated carbocycles. The number of nitrogens with one attached hydrogen (secondary N) is 1. The van der Waals surface area contributed by atoms with Gasteiger partial charge in [0.2, 0.25) is 0 Å². The van der Waals surface area contributed by atoms with Crippen LogP contribution in [0.25, 0.3) is 11.1 Å². The zero-order chi connectivity index (χ0) is 16.1. The molecule has 4 nitrogen and oxygen atoms in total. The maximum Gasteiger partial charge on any atom is 0.199 e. The second-order valence-electron chi connectivity index (χ2n) is 5.26. The summed E-state index contributed by atoms with van der Waals surface area (Å²) in [6, 6.07) is 22.1. The monoisotopic (exact) mass is 302 g/mol. The lowest BCUT2D eigenvalue weighted by Crippen LogP contribution is -2.21. The molecular weight excluding hydrogens is 284 g/mol. The Kier molecular flexibility index (Phi) is 4.34. The second kappa shape index (κ2) is 6.75. The summed E-state index contributed by atoms with van der Waals surface area (Å²) in [6.07, 6.45) is 1.72. The molecule has 23 heavy (non-hydrogen) atoms. The highest BCUT2D eigenvalue weighted by atomic mass is 15.1. The molecule has 1 aromatic heterocycles. The van der Waals surface area contributed by atoms with Crippen LogP contribution in [0.15, 0.2) is 77.9 Å². The van der Waals surface area contributed by atoms with E-state index in [1.165, 1.54) is 5.56 Å². The molecule has 3 aromatic rings. The number of aliphatic imine (C=N–C) groups is 1. The minimum atomic E-state index is 0.315. The van der Waals surface area contributed by atoms with Crippen molar-refractivity contribution in [3.63, 3.8) is 0 Å². The van der Waals surface area contributed by atoms with Gasteiger partial charge in [-0.25, -0.2) is 4.98 Å². The van der Waals surface area contributed by atoms with E-state index in [1.807, 2.05) is 49.4 Å². The number of guanidine groups is 1. The molecule has 0 saturated heterocycles. The quantitative estimate of drug-likeness (QED) is 0.565. The molecule has 3 N–H and O–H groups in total. The highest BCUT2D eigenvalue weighted by Crippen LogP contribution is 2.21. The number of nitrogens with two attached hydrogens (primary N) is 1. The van der Waals surface area contributed by atoms with Crippen LogP contribution in [0.5, 0.6) is 0 Å². The van der Waals surface area contributed by atoms with Crippen molar-refractivity contribution in [1.82, 2.24) is 4.98 Å². The first-order valence-corrected chi connectivity index (χ1v) is 7.40. The average Bonchev–Trinajstić information content (AvgIpc) is 2.56. The van der Waals surface area contributed by atoms with Crippen molar-refractivity contribution in [2.45, 2.75) is 6.92 Å². The van der Waals surface area contributed by atoms with Gasteiger partial charge in [0.15, 0.2) is 11.8 Å². The van der Waals surface area contributed by atoms with Crippen molar-refractivity contribution >= 4 is 17.5 Å². The Labute approximate surface area is 135 Å². The third kappa shape index (κ3) is 3.95. The molecule has 0 aliphatic rings. The molecule has 3 rings (SSSR count). The van der Waals surface area contributed by atoms with Crippen molar-refractivity contribution in [2.75, 3.05) is 5.32 Å². The van der Waals surface area contributed by atoms with Crippen LogP contribution in [-0.2, 0) is 0 Å². The number of benzene rings is 2. The SMILES string of the molecule is Cc1ccnc(N=C(N)Nc2ccc(-c3ccccc3)cc2)c1. The summed E-state index contributed by atoms with van der Waals surface area (Å²) in [4.78, 5) is 8.44. The molecular formula is C19H18N4.